The number of hydrogen-bond acceptors (Lipinski definition) is 3. The van der Waals surface area contributed by atoms with E-state index < -0.39 is 0 Å². The highest BCUT2D eigenvalue weighted by atomic mass is 16.2. The smallest absolute Gasteiger partial charge is 0.223 e. The maximum absolute atomic E-state index is 13.5. The van der Waals surface area contributed by atoms with Gasteiger partial charge in [-0.05, 0) is 49.0 Å². The zero-order chi connectivity index (χ0) is 24.7. The van der Waals surface area contributed by atoms with E-state index in [0.717, 1.165) is 32.7 Å². The summed E-state index contributed by atoms with van der Waals surface area (Å²) in [5, 5.41) is 0. The van der Waals surface area contributed by atoms with Crippen molar-refractivity contribution < 1.29 is 4.79 Å². The summed E-state index contributed by atoms with van der Waals surface area (Å²) in [6.07, 6.45) is 3.06. The Morgan fingerprint density at radius 2 is 1.28 bits per heavy atom. The first-order valence-electron chi connectivity index (χ1n) is 13.5. The summed E-state index contributed by atoms with van der Waals surface area (Å²) < 4.78 is 0. The van der Waals surface area contributed by atoms with Crippen LogP contribution in [0.3, 0.4) is 0 Å². The lowest BCUT2D eigenvalue weighted by atomic mass is 9.85. The first-order chi connectivity index (χ1) is 17.7. The lowest BCUT2D eigenvalue weighted by molar-refractivity contribution is -0.133. The van der Waals surface area contributed by atoms with Gasteiger partial charge in [0.15, 0.2) is 0 Å². The number of carbonyl (C=O) groups is 1. The molecular formula is C32H39N3O. The molecule has 1 amide bonds. The van der Waals surface area contributed by atoms with Crippen molar-refractivity contribution in [2.75, 3.05) is 46.3 Å². The monoisotopic (exact) mass is 481 g/mol. The number of hydrogen-bond donors (Lipinski definition) is 0. The number of rotatable bonds is 7. The summed E-state index contributed by atoms with van der Waals surface area (Å²) in [5.74, 6) is 0.989. The van der Waals surface area contributed by atoms with Crippen molar-refractivity contribution in [1.82, 2.24) is 14.7 Å². The Morgan fingerprint density at radius 1 is 0.750 bits per heavy atom. The van der Waals surface area contributed by atoms with E-state index >= 15 is 0 Å². The molecule has 36 heavy (non-hydrogen) atoms. The molecule has 2 fully saturated rings. The van der Waals surface area contributed by atoms with Crippen LogP contribution >= 0.6 is 0 Å². The van der Waals surface area contributed by atoms with Crippen LogP contribution in [-0.2, 0) is 4.79 Å². The molecule has 2 aliphatic heterocycles. The maximum Gasteiger partial charge on any atom is 0.223 e. The Balaban J connectivity index is 1.27. The van der Waals surface area contributed by atoms with Gasteiger partial charge in [-0.15, -0.1) is 0 Å². The molecule has 5 rings (SSSR count). The van der Waals surface area contributed by atoms with Gasteiger partial charge in [0, 0.05) is 51.1 Å². The van der Waals surface area contributed by atoms with E-state index in [1.807, 2.05) is 12.1 Å². The first-order valence-corrected chi connectivity index (χ1v) is 13.5. The van der Waals surface area contributed by atoms with Crippen molar-refractivity contribution in [3.05, 3.63) is 108 Å². The molecule has 0 saturated carbocycles. The molecule has 2 atom stereocenters. The van der Waals surface area contributed by atoms with Gasteiger partial charge < -0.3 is 9.80 Å². The third kappa shape index (κ3) is 5.88. The molecule has 4 nitrogen and oxygen atoms in total. The Morgan fingerprint density at radius 3 is 1.81 bits per heavy atom. The highest BCUT2D eigenvalue weighted by Crippen LogP contribution is 2.35. The molecule has 3 aromatic rings. The van der Waals surface area contributed by atoms with E-state index in [1.165, 1.54) is 36.1 Å². The van der Waals surface area contributed by atoms with Crippen LogP contribution < -0.4 is 0 Å². The molecule has 3 aromatic carbocycles. The fourth-order valence-electron chi connectivity index (χ4n) is 6.25. The number of carbonyl (C=O) groups excluding carboxylic acids is 1. The molecule has 2 aliphatic rings. The Labute approximate surface area is 216 Å². The van der Waals surface area contributed by atoms with Crippen molar-refractivity contribution in [2.24, 2.45) is 5.92 Å². The van der Waals surface area contributed by atoms with Crippen LogP contribution in [-0.4, -0.2) is 66.9 Å². The second-order valence-electron chi connectivity index (χ2n) is 10.5. The van der Waals surface area contributed by atoms with Crippen LogP contribution in [0.25, 0.3) is 0 Å². The lowest BCUT2D eigenvalue weighted by Crippen LogP contribution is -2.52. The van der Waals surface area contributed by atoms with Gasteiger partial charge in [0.1, 0.15) is 0 Å². The lowest BCUT2D eigenvalue weighted by Gasteiger charge is -2.45. The second-order valence-corrected chi connectivity index (χ2v) is 10.5. The largest absolute Gasteiger partial charge is 0.340 e. The molecule has 0 spiro atoms. The average molecular weight is 482 g/mol. The summed E-state index contributed by atoms with van der Waals surface area (Å²) in [6.45, 7) is 5.83. The van der Waals surface area contributed by atoms with Crippen molar-refractivity contribution >= 4 is 5.91 Å². The number of nitrogens with zero attached hydrogens (tertiary/aromatic N) is 3. The van der Waals surface area contributed by atoms with E-state index in [9.17, 15) is 4.79 Å². The number of piperazine rings is 1. The van der Waals surface area contributed by atoms with E-state index in [4.69, 9.17) is 0 Å². The summed E-state index contributed by atoms with van der Waals surface area (Å²) in [6, 6.07) is 32.4. The van der Waals surface area contributed by atoms with Gasteiger partial charge in [-0.1, -0.05) is 91.0 Å². The van der Waals surface area contributed by atoms with Crippen molar-refractivity contribution in [2.45, 2.75) is 31.2 Å². The number of benzene rings is 3. The summed E-state index contributed by atoms with van der Waals surface area (Å²) in [5.41, 5.74) is 3.84. The van der Waals surface area contributed by atoms with Gasteiger partial charge in [-0.3, -0.25) is 9.69 Å². The molecule has 2 heterocycles. The highest BCUT2D eigenvalue weighted by molar-refractivity contribution is 5.78. The molecule has 0 aliphatic carbocycles. The highest BCUT2D eigenvalue weighted by Gasteiger charge is 2.34. The van der Waals surface area contributed by atoms with Gasteiger partial charge >= 0.3 is 0 Å². The molecule has 0 radical (unpaired) electrons. The minimum absolute atomic E-state index is 0.0905. The van der Waals surface area contributed by atoms with E-state index in [0.29, 0.717) is 18.4 Å². The molecule has 0 aromatic heterocycles. The van der Waals surface area contributed by atoms with Crippen LogP contribution in [0.4, 0.5) is 0 Å². The third-order valence-electron chi connectivity index (χ3n) is 8.09. The molecule has 2 unspecified atom stereocenters. The topological polar surface area (TPSA) is 26.8 Å². The van der Waals surface area contributed by atoms with Gasteiger partial charge in [0.05, 0.1) is 0 Å². The van der Waals surface area contributed by atoms with E-state index in [2.05, 4.69) is 101 Å². The zero-order valence-electron chi connectivity index (χ0n) is 21.5. The van der Waals surface area contributed by atoms with Gasteiger partial charge in [0.25, 0.3) is 0 Å². The summed E-state index contributed by atoms with van der Waals surface area (Å²) in [4.78, 5) is 20.8. The fraction of sp³-hybridized carbons (Fsp3) is 0.406. The maximum atomic E-state index is 13.5. The van der Waals surface area contributed by atoms with Crippen LogP contribution in [0, 0.1) is 5.92 Å². The van der Waals surface area contributed by atoms with Crippen LogP contribution in [0.15, 0.2) is 91.0 Å². The molecule has 0 N–H and O–H groups in total. The Hall–Kier alpha value is -2.95. The van der Waals surface area contributed by atoms with Crippen molar-refractivity contribution in [3.63, 3.8) is 0 Å². The molecule has 2 saturated heterocycles. The SMILES string of the molecule is CN1CCCC(C(c2ccccc2)N2CCN(C(=O)CC(c3ccccc3)c3ccccc3)CC2)C1. The number of likely N-dealkylation sites (tertiary alicyclic amines) is 1. The number of piperidine rings is 1. The van der Waals surface area contributed by atoms with Crippen LogP contribution in [0.5, 0.6) is 0 Å². The summed E-state index contributed by atoms with van der Waals surface area (Å²) >= 11 is 0. The predicted octanol–water partition coefficient (Wildman–Crippen LogP) is 5.44. The molecule has 0 bridgehead atoms. The van der Waals surface area contributed by atoms with Crippen LogP contribution in [0.1, 0.15) is 47.9 Å². The normalized spacial score (nSPS) is 20.4. The average Bonchev–Trinajstić information content (AvgIpc) is 2.94. The van der Waals surface area contributed by atoms with Gasteiger partial charge in [0.2, 0.25) is 5.91 Å². The van der Waals surface area contributed by atoms with Crippen molar-refractivity contribution in [1.29, 1.82) is 0 Å². The minimum Gasteiger partial charge on any atom is -0.340 e. The Kier molecular flexibility index (Phi) is 8.15. The number of amides is 1. The standard InChI is InChI=1S/C32H39N3O/c1-33-19-11-18-29(25-33)32(28-16-9-4-10-17-28)35-22-20-34(21-23-35)31(36)24-30(26-12-5-2-6-13-26)27-14-7-3-8-15-27/h2-10,12-17,29-30,32H,11,18-25H2,1H3. The second kappa shape index (κ2) is 11.9. The van der Waals surface area contributed by atoms with Crippen molar-refractivity contribution in [3.8, 4) is 0 Å². The predicted molar refractivity (Wildman–Crippen MR) is 147 cm³/mol. The van der Waals surface area contributed by atoms with E-state index in [1.54, 1.807) is 0 Å². The zero-order valence-corrected chi connectivity index (χ0v) is 21.5. The summed E-state index contributed by atoms with van der Waals surface area (Å²) in [7, 11) is 2.25. The Bertz CT molecular complexity index is 1040. The van der Waals surface area contributed by atoms with Crippen LogP contribution in [0.2, 0.25) is 0 Å². The minimum atomic E-state index is 0.0905. The van der Waals surface area contributed by atoms with E-state index in [-0.39, 0.29) is 11.8 Å². The molecule has 4 heteroatoms. The first kappa shape index (κ1) is 24.7. The quantitative estimate of drug-likeness (QED) is 0.450. The van der Waals surface area contributed by atoms with Gasteiger partial charge in [-0.25, -0.2) is 0 Å². The molecule has 188 valence electrons. The fourth-order valence-corrected chi connectivity index (χ4v) is 6.25. The molecular weight excluding hydrogens is 442 g/mol. The van der Waals surface area contributed by atoms with Gasteiger partial charge in [-0.2, -0.15) is 0 Å². The third-order valence-corrected chi connectivity index (χ3v) is 8.09.